The summed E-state index contributed by atoms with van der Waals surface area (Å²) in [5.74, 6) is 0.180. The van der Waals surface area contributed by atoms with Gasteiger partial charge in [0.15, 0.2) is 11.9 Å². The Morgan fingerprint density at radius 3 is 2.38 bits per heavy atom. The van der Waals surface area contributed by atoms with Gasteiger partial charge in [-0.2, -0.15) is 5.10 Å². The van der Waals surface area contributed by atoms with Crippen LogP contribution in [0, 0.1) is 0 Å². The number of aldehydes is 1. The van der Waals surface area contributed by atoms with Gasteiger partial charge in [0, 0.05) is 61.9 Å². The molecule has 2 atom stereocenters. The second-order valence-electron chi connectivity index (χ2n) is 15.6. The summed E-state index contributed by atoms with van der Waals surface area (Å²) in [4.78, 5) is 74.7. The van der Waals surface area contributed by atoms with Crippen LogP contribution in [0.4, 0.5) is 11.5 Å². The zero-order chi connectivity index (χ0) is 45.7. The molecule has 4 amide bonds. The van der Waals surface area contributed by atoms with Crippen molar-refractivity contribution >= 4 is 52.5 Å². The number of anilines is 2. The van der Waals surface area contributed by atoms with Crippen molar-refractivity contribution in [3.8, 4) is 22.8 Å². The van der Waals surface area contributed by atoms with E-state index in [-0.39, 0.29) is 41.8 Å². The molecule has 0 bridgehead atoms. The maximum atomic E-state index is 13.5. The van der Waals surface area contributed by atoms with Crippen LogP contribution < -0.4 is 21.1 Å². The van der Waals surface area contributed by atoms with Crippen molar-refractivity contribution in [1.29, 1.82) is 0 Å². The van der Waals surface area contributed by atoms with Crippen LogP contribution in [0.3, 0.4) is 0 Å². The lowest BCUT2D eigenvalue weighted by atomic mass is 10.0. The van der Waals surface area contributed by atoms with Crippen LogP contribution in [0.2, 0.25) is 0 Å². The summed E-state index contributed by atoms with van der Waals surface area (Å²) in [6.45, 7) is 7.35. The molecule has 4 heterocycles. The van der Waals surface area contributed by atoms with Gasteiger partial charge in [-0.1, -0.05) is 36.9 Å². The molecule has 2 fully saturated rings. The summed E-state index contributed by atoms with van der Waals surface area (Å²) >= 11 is 0. The molecule has 2 unspecified atom stereocenters. The predicted molar refractivity (Wildman–Crippen MR) is 241 cm³/mol. The van der Waals surface area contributed by atoms with Gasteiger partial charge in [-0.25, -0.2) is 14.6 Å². The molecule has 7 rings (SSSR count). The number of nitrogens with two attached hydrogens (primary N) is 1. The van der Waals surface area contributed by atoms with Crippen molar-refractivity contribution in [2.24, 2.45) is 0 Å². The Hall–Kier alpha value is -7.02. The number of carbonyl (C=O) groups excluding carboxylic acids is 5. The number of nitrogens with zero attached hydrogens (tertiary/aromatic N) is 6. The molecular formula is C47H53N9O9. The zero-order valence-electron chi connectivity index (χ0n) is 36.3. The first kappa shape index (κ1) is 46.0. The summed E-state index contributed by atoms with van der Waals surface area (Å²) in [5, 5.41) is 11.1. The van der Waals surface area contributed by atoms with Crippen molar-refractivity contribution in [3.05, 3.63) is 102 Å². The normalized spacial score (nSPS) is 16.2. The Morgan fingerprint density at radius 2 is 1.65 bits per heavy atom. The number of likely N-dealkylation sites (tertiary alicyclic amines) is 1. The second-order valence-corrected chi connectivity index (χ2v) is 15.6. The van der Waals surface area contributed by atoms with Crippen LogP contribution in [0.25, 0.3) is 22.3 Å². The number of para-hydroxylation sites is 1. The van der Waals surface area contributed by atoms with Crippen LogP contribution in [-0.4, -0.2) is 132 Å². The Labute approximate surface area is 376 Å². The van der Waals surface area contributed by atoms with Crippen molar-refractivity contribution < 1.29 is 42.9 Å². The number of nitrogen functional groups attached to an aromatic ring is 1. The molecule has 18 nitrogen and oxygen atoms in total. The minimum absolute atomic E-state index is 0.121. The van der Waals surface area contributed by atoms with Gasteiger partial charge < -0.3 is 39.8 Å². The van der Waals surface area contributed by atoms with E-state index in [1.54, 1.807) is 12.1 Å². The quantitative estimate of drug-likeness (QED) is 0.0389. The molecule has 340 valence electrons. The number of piperidine rings is 2. The van der Waals surface area contributed by atoms with E-state index < -0.39 is 17.9 Å². The number of carbonyl (C=O) groups is 5. The van der Waals surface area contributed by atoms with E-state index in [0.29, 0.717) is 112 Å². The molecule has 0 radical (unpaired) electrons. The lowest BCUT2D eigenvalue weighted by Crippen LogP contribution is -2.53. The largest absolute Gasteiger partial charge is 0.457 e. The monoisotopic (exact) mass is 887 g/mol. The van der Waals surface area contributed by atoms with Crippen molar-refractivity contribution in [1.82, 2.24) is 34.9 Å². The van der Waals surface area contributed by atoms with E-state index in [9.17, 15) is 24.0 Å². The zero-order valence-corrected chi connectivity index (χ0v) is 36.3. The molecule has 4 N–H and O–H groups in total. The number of hydrogen-bond acceptors (Lipinski definition) is 14. The molecule has 2 aliphatic rings. The third-order valence-electron chi connectivity index (χ3n) is 11.2. The van der Waals surface area contributed by atoms with Crippen molar-refractivity contribution in [2.75, 3.05) is 77.4 Å². The molecule has 65 heavy (non-hydrogen) atoms. The third kappa shape index (κ3) is 11.4. The summed E-state index contributed by atoms with van der Waals surface area (Å²) in [6, 6.07) is 21.1. The van der Waals surface area contributed by atoms with Gasteiger partial charge in [0.2, 0.25) is 17.7 Å². The lowest BCUT2D eigenvalue weighted by molar-refractivity contribution is -0.136. The smallest absolute Gasteiger partial charge is 0.257 e. The number of benzene rings is 3. The number of amides is 4. The fraction of sp³-hybridized carbons (Fsp3) is 0.362. The minimum Gasteiger partial charge on any atom is -0.457 e. The second kappa shape index (κ2) is 22.1. The molecule has 0 saturated carbocycles. The number of ether oxygens (including phenoxy) is 4. The van der Waals surface area contributed by atoms with Gasteiger partial charge in [0.25, 0.3) is 5.91 Å². The van der Waals surface area contributed by atoms with Gasteiger partial charge in [-0.3, -0.25) is 29.3 Å². The Balaban J connectivity index is 0.802. The molecule has 2 saturated heterocycles. The number of likely N-dealkylation sites (N-methyl/N-ethyl adjacent to an activating group) is 1. The van der Waals surface area contributed by atoms with Crippen LogP contribution in [0.15, 0.2) is 91.3 Å². The first-order chi connectivity index (χ1) is 31.6. The summed E-state index contributed by atoms with van der Waals surface area (Å²) in [7, 11) is 1.48. The minimum atomic E-state index is -0.827. The van der Waals surface area contributed by atoms with Crippen LogP contribution >= 0.6 is 0 Å². The highest BCUT2D eigenvalue weighted by Gasteiger charge is 2.34. The molecular weight excluding hydrogens is 835 g/mol. The van der Waals surface area contributed by atoms with E-state index in [1.807, 2.05) is 64.2 Å². The van der Waals surface area contributed by atoms with E-state index in [0.717, 1.165) is 24.2 Å². The molecule has 2 aromatic heterocycles. The summed E-state index contributed by atoms with van der Waals surface area (Å²) in [6.07, 6.45) is 4.30. The van der Waals surface area contributed by atoms with E-state index >= 15 is 0 Å². The topological polar surface area (TPSA) is 222 Å². The van der Waals surface area contributed by atoms with E-state index in [4.69, 9.17) is 29.8 Å². The summed E-state index contributed by atoms with van der Waals surface area (Å²) in [5.41, 5.74) is 9.69. The molecule has 0 spiro atoms. The molecule has 2 aliphatic heterocycles. The lowest BCUT2D eigenvalue weighted by Gasteiger charge is -2.33. The van der Waals surface area contributed by atoms with Gasteiger partial charge in [0.05, 0.1) is 56.6 Å². The van der Waals surface area contributed by atoms with Crippen molar-refractivity contribution in [2.45, 2.75) is 44.2 Å². The van der Waals surface area contributed by atoms with Crippen molar-refractivity contribution in [3.63, 3.8) is 0 Å². The molecule has 0 aliphatic carbocycles. The average molecular weight is 888 g/mol. The number of imide groups is 1. The number of fused-ring (bicyclic) bond motifs is 1. The Kier molecular flexibility index (Phi) is 15.6. The maximum Gasteiger partial charge on any atom is 0.257 e. The van der Waals surface area contributed by atoms with Crippen LogP contribution in [0.1, 0.15) is 58.9 Å². The fourth-order valence-corrected chi connectivity index (χ4v) is 7.85. The SMILES string of the molecule is C=C(CCOCCOCCOCCNc1cccc(C=O)c1C(=O)N(C)C1CCC(=O)NC1=O)C(=O)N1CCCC(n2nc(-c3ccc(Oc4ccccc4)cc3)c3c(N)ncnc32)C1. The third-order valence-corrected chi connectivity index (χ3v) is 11.2. The Bertz CT molecular complexity index is 2500. The fourth-order valence-electron chi connectivity index (χ4n) is 7.85. The molecule has 18 heteroatoms. The van der Waals surface area contributed by atoms with Crippen LogP contribution in [0.5, 0.6) is 11.5 Å². The molecule has 3 aromatic carbocycles. The maximum absolute atomic E-state index is 13.5. The number of rotatable bonds is 21. The average Bonchev–Trinajstić information content (AvgIpc) is 3.72. The summed E-state index contributed by atoms with van der Waals surface area (Å²) < 4.78 is 24.9. The predicted octanol–water partition coefficient (Wildman–Crippen LogP) is 4.83. The van der Waals surface area contributed by atoms with Gasteiger partial charge in [0.1, 0.15) is 35.4 Å². The van der Waals surface area contributed by atoms with E-state index in [2.05, 4.69) is 27.2 Å². The first-order valence-corrected chi connectivity index (χ1v) is 21.6. The van der Waals surface area contributed by atoms with E-state index in [1.165, 1.54) is 24.3 Å². The Morgan fingerprint density at radius 1 is 0.923 bits per heavy atom. The standard InChI is InChI=1S/C47H53N9O9/c1-31(19-22-62-24-26-64-27-25-63-23-20-49-37-12-6-8-33(29-57)40(37)47(61)54(2)38-17-18-39(58)52-45(38)59)46(60)55-21-7-9-34(28-55)56-44-41(43(48)50-30-51-44)42(53-56)32-13-15-36(16-14-32)65-35-10-4-3-5-11-35/h3-6,8,10-16,29-30,34,38,49H,1,7,9,17-28H2,2H3,(H2,48,50,51)(H,52,58,59). The van der Waals surface area contributed by atoms with Gasteiger partial charge in [-0.15, -0.1) is 0 Å². The highest BCUT2D eigenvalue weighted by molar-refractivity contribution is 6.09. The van der Waals surface area contributed by atoms with Gasteiger partial charge >= 0.3 is 0 Å². The number of nitrogens with one attached hydrogen (secondary N) is 2. The van der Waals surface area contributed by atoms with Crippen LogP contribution in [-0.2, 0) is 28.6 Å². The highest BCUT2D eigenvalue weighted by Crippen LogP contribution is 2.35. The number of hydrogen-bond donors (Lipinski definition) is 3. The van der Waals surface area contributed by atoms with Gasteiger partial charge in [-0.05, 0) is 61.7 Å². The molecule has 5 aromatic rings. The number of aromatic nitrogens is 4. The first-order valence-electron chi connectivity index (χ1n) is 21.6. The highest BCUT2D eigenvalue weighted by atomic mass is 16.5.